The lowest BCUT2D eigenvalue weighted by atomic mass is 9.95. The predicted molar refractivity (Wildman–Crippen MR) is 70.1 cm³/mol. The average molecular weight is 482 g/mol. The van der Waals surface area contributed by atoms with Crippen LogP contribution in [-0.4, -0.2) is 80.7 Å². The van der Waals surface area contributed by atoms with E-state index in [1.54, 1.807) is 0 Å². The molecule has 182 valence electrons. The molecule has 0 bridgehead atoms. The average Bonchev–Trinajstić information content (AvgIpc) is 2.54. The molecule has 0 aliphatic carbocycles. The Bertz CT molecular complexity index is 522. The Hall–Kier alpha value is -1.07. The monoisotopic (exact) mass is 482 g/mol. The molecule has 0 aromatic rings. The van der Waals surface area contributed by atoms with Crippen molar-refractivity contribution >= 4 is 0 Å². The highest BCUT2D eigenvalue weighted by Gasteiger charge is 2.87. The minimum atomic E-state index is -7.66. The standard InChI is InChI=1S/C13H15F13O4/c14-8(15,7-9(16,17)18)10(19,20)11(21,22)12(23,24)13(25,26)30-6-5-29-4-3-28-2-1-27/h27H,1-7H2. The summed E-state index contributed by atoms with van der Waals surface area (Å²) in [6.07, 6.45) is -16.7. The van der Waals surface area contributed by atoms with E-state index in [1.807, 2.05) is 0 Å². The van der Waals surface area contributed by atoms with Gasteiger partial charge in [-0.3, -0.25) is 0 Å². The number of rotatable bonds is 14. The van der Waals surface area contributed by atoms with Gasteiger partial charge in [0.2, 0.25) is 0 Å². The molecule has 0 unspecified atom stereocenters. The first-order valence-corrected chi connectivity index (χ1v) is 7.63. The van der Waals surface area contributed by atoms with Crippen molar-refractivity contribution in [3.8, 4) is 0 Å². The second-order valence-electron chi connectivity index (χ2n) is 5.53. The minimum absolute atomic E-state index is 0.146. The third kappa shape index (κ3) is 6.71. The fourth-order valence-electron chi connectivity index (χ4n) is 1.68. The van der Waals surface area contributed by atoms with Crippen molar-refractivity contribution in [2.45, 2.75) is 42.4 Å². The van der Waals surface area contributed by atoms with Crippen LogP contribution in [0.5, 0.6) is 0 Å². The Morgan fingerprint density at radius 2 is 0.967 bits per heavy atom. The Labute approximate surface area is 159 Å². The summed E-state index contributed by atoms with van der Waals surface area (Å²) < 4.78 is 180. The molecule has 0 aromatic carbocycles. The maximum atomic E-state index is 13.3. The van der Waals surface area contributed by atoms with Gasteiger partial charge in [0, 0.05) is 0 Å². The SMILES string of the molecule is OCCOCCOCCOC(F)(F)C(F)(F)C(F)(F)C(F)(F)C(F)(F)CC(F)(F)F. The number of hydrogen-bond donors (Lipinski definition) is 1. The van der Waals surface area contributed by atoms with Crippen molar-refractivity contribution in [1.82, 2.24) is 0 Å². The van der Waals surface area contributed by atoms with Crippen molar-refractivity contribution in [2.75, 3.05) is 39.6 Å². The summed E-state index contributed by atoms with van der Waals surface area (Å²) in [4.78, 5) is 0. The molecule has 0 rings (SSSR count). The van der Waals surface area contributed by atoms with Gasteiger partial charge in [0.05, 0.1) is 39.6 Å². The molecule has 1 N–H and O–H groups in total. The fraction of sp³-hybridized carbons (Fsp3) is 1.00. The van der Waals surface area contributed by atoms with Gasteiger partial charge >= 0.3 is 36.0 Å². The molecule has 0 heterocycles. The van der Waals surface area contributed by atoms with E-state index in [2.05, 4.69) is 14.2 Å². The summed E-state index contributed by atoms with van der Waals surface area (Å²) in [6, 6.07) is 0. The van der Waals surface area contributed by atoms with E-state index < -0.39 is 55.6 Å². The normalized spacial score (nSPS) is 15.0. The zero-order chi connectivity index (χ0) is 24.1. The molecule has 17 heteroatoms. The van der Waals surface area contributed by atoms with Crippen molar-refractivity contribution in [2.24, 2.45) is 0 Å². The molecule has 0 amide bonds. The summed E-state index contributed by atoms with van der Waals surface area (Å²) in [5, 5.41) is 8.34. The Morgan fingerprint density at radius 3 is 1.40 bits per heavy atom. The number of halogens is 13. The third-order valence-corrected chi connectivity index (χ3v) is 3.15. The second-order valence-corrected chi connectivity index (χ2v) is 5.53. The van der Waals surface area contributed by atoms with Crippen molar-refractivity contribution in [1.29, 1.82) is 0 Å². The van der Waals surface area contributed by atoms with Gasteiger partial charge in [0.1, 0.15) is 6.42 Å². The molecule has 0 radical (unpaired) electrons. The number of alkyl halides is 13. The van der Waals surface area contributed by atoms with E-state index in [0.29, 0.717) is 0 Å². The molecular weight excluding hydrogens is 467 g/mol. The van der Waals surface area contributed by atoms with Gasteiger partial charge in [-0.15, -0.1) is 0 Å². The Kier molecular flexibility index (Phi) is 9.68. The van der Waals surface area contributed by atoms with Crippen LogP contribution in [0.4, 0.5) is 57.1 Å². The first kappa shape index (κ1) is 28.9. The van der Waals surface area contributed by atoms with Crippen LogP contribution in [0, 0.1) is 0 Å². The van der Waals surface area contributed by atoms with E-state index in [0.717, 1.165) is 0 Å². The topological polar surface area (TPSA) is 47.9 Å². The molecule has 0 aliphatic rings. The van der Waals surface area contributed by atoms with Crippen LogP contribution in [0.25, 0.3) is 0 Å². The predicted octanol–water partition coefficient (Wildman–Crippen LogP) is 4.11. The third-order valence-electron chi connectivity index (χ3n) is 3.15. The molecule has 0 aliphatic heterocycles. The molecular formula is C13H15F13O4. The number of aliphatic hydroxyl groups is 1. The summed E-state index contributed by atoms with van der Waals surface area (Å²) in [5.74, 6) is -29.4. The summed E-state index contributed by atoms with van der Waals surface area (Å²) >= 11 is 0. The van der Waals surface area contributed by atoms with E-state index in [9.17, 15) is 57.1 Å². The largest absolute Gasteiger partial charge is 0.426 e. The molecule has 0 atom stereocenters. The summed E-state index contributed by atoms with van der Waals surface area (Å²) in [7, 11) is 0. The van der Waals surface area contributed by atoms with Crippen LogP contribution in [0.3, 0.4) is 0 Å². The molecule has 0 fully saturated rings. The highest BCUT2D eigenvalue weighted by Crippen LogP contribution is 2.58. The number of hydrogen-bond acceptors (Lipinski definition) is 4. The van der Waals surface area contributed by atoms with Gasteiger partial charge < -0.3 is 19.3 Å². The van der Waals surface area contributed by atoms with E-state index in [4.69, 9.17) is 5.11 Å². The van der Waals surface area contributed by atoms with Crippen molar-refractivity contribution in [3.63, 3.8) is 0 Å². The Morgan fingerprint density at radius 1 is 0.533 bits per heavy atom. The first-order valence-electron chi connectivity index (χ1n) is 7.63. The van der Waals surface area contributed by atoms with E-state index in [-0.39, 0.29) is 26.4 Å². The van der Waals surface area contributed by atoms with Gasteiger partial charge in [0.15, 0.2) is 0 Å². The van der Waals surface area contributed by atoms with Gasteiger partial charge in [-0.1, -0.05) is 0 Å². The zero-order valence-corrected chi connectivity index (χ0v) is 14.5. The summed E-state index contributed by atoms with van der Waals surface area (Å²) in [6.45, 7) is -3.77. The van der Waals surface area contributed by atoms with Crippen LogP contribution in [-0.2, 0) is 14.2 Å². The van der Waals surface area contributed by atoms with Crippen LogP contribution >= 0.6 is 0 Å². The van der Waals surface area contributed by atoms with Crippen molar-refractivity contribution in [3.05, 3.63) is 0 Å². The van der Waals surface area contributed by atoms with Crippen LogP contribution in [0.1, 0.15) is 6.42 Å². The van der Waals surface area contributed by atoms with E-state index in [1.165, 1.54) is 0 Å². The van der Waals surface area contributed by atoms with Gasteiger partial charge in [-0.2, -0.15) is 57.1 Å². The number of ether oxygens (including phenoxy) is 3. The van der Waals surface area contributed by atoms with E-state index >= 15 is 0 Å². The molecule has 4 nitrogen and oxygen atoms in total. The second kappa shape index (κ2) is 10.0. The lowest BCUT2D eigenvalue weighted by molar-refractivity contribution is -0.448. The molecule has 0 aromatic heterocycles. The molecule has 30 heavy (non-hydrogen) atoms. The maximum Gasteiger partial charge on any atom is 0.426 e. The first-order chi connectivity index (χ1) is 13.3. The molecule has 0 saturated carbocycles. The van der Waals surface area contributed by atoms with Gasteiger partial charge in [0.25, 0.3) is 0 Å². The lowest BCUT2D eigenvalue weighted by Gasteiger charge is -2.39. The van der Waals surface area contributed by atoms with Crippen molar-refractivity contribution < 1.29 is 76.4 Å². The zero-order valence-electron chi connectivity index (χ0n) is 14.5. The lowest BCUT2D eigenvalue weighted by Crippen LogP contribution is -2.68. The van der Waals surface area contributed by atoms with Crippen LogP contribution < -0.4 is 0 Å². The molecule has 0 saturated heterocycles. The summed E-state index contributed by atoms with van der Waals surface area (Å²) in [5.41, 5.74) is 0. The van der Waals surface area contributed by atoms with Crippen LogP contribution in [0.2, 0.25) is 0 Å². The van der Waals surface area contributed by atoms with Gasteiger partial charge in [-0.25, -0.2) is 0 Å². The van der Waals surface area contributed by atoms with Crippen LogP contribution in [0.15, 0.2) is 0 Å². The maximum absolute atomic E-state index is 13.3. The van der Waals surface area contributed by atoms with Gasteiger partial charge in [-0.05, 0) is 0 Å². The smallest absolute Gasteiger partial charge is 0.394 e. The number of aliphatic hydroxyl groups excluding tert-OH is 1. The highest BCUT2D eigenvalue weighted by molar-refractivity contribution is 5.06. The Balaban J connectivity index is 5.21. The highest BCUT2D eigenvalue weighted by atomic mass is 19.4. The quantitative estimate of drug-likeness (QED) is 0.299. The minimum Gasteiger partial charge on any atom is -0.394 e. The molecule has 0 spiro atoms. The fourth-order valence-corrected chi connectivity index (χ4v) is 1.68.